The fraction of sp³-hybridized carbons (Fsp3) is 0.296. The van der Waals surface area contributed by atoms with E-state index in [1.807, 2.05) is 0 Å². The van der Waals surface area contributed by atoms with Gasteiger partial charge < -0.3 is 8.83 Å². The SMILES string of the molecule is CCCCCCc1cc(C)c(-c2ccc3c(ccc4c5cc6oc7c8ccc(-c9c(C)cc(CCCCCC)cc9C)cc8ccc7c6cc5oc34)c2)c(C)c1. The monoisotopic (exact) mass is 734 g/mol. The average Bonchev–Trinajstić information content (AvgIpc) is 3.74. The van der Waals surface area contributed by atoms with Crippen LogP contribution in [0.3, 0.4) is 0 Å². The van der Waals surface area contributed by atoms with Gasteiger partial charge in [0.25, 0.3) is 0 Å². The van der Waals surface area contributed by atoms with Crippen molar-refractivity contribution < 1.29 is 8.83 Å². The molecule has 0 aliphatic rings. The predicted octanol–water partition coefficient (Wildman–Crippen LogP) is 16.6. The van der Waals surface area contributed by atoms with Crippen LogP contribution in [0.4, 0.5) is 0 Å². The van der Waals surface area contributed by atoms with Gasteiger partial charge in [-0.25, -0.2) is 0 Å². The summed E-state index contributed by atoms with van der Waals surface area (Å²) in [5.74, 6) is 0. The van der Waals surface area contributed by atoms with Gasteiger partial charge in [-0.15, -0.1) is 0 Å². The Labute approximate surface area is 331 Å². The number of hydrogen-bond donors (Lipinski definition) is 0. The predicted molar refractivity (Wildman–Crippen MR) is 242 cm³/mol. The molecule has 0 N–H and O–H groups in total. The molecule has 0 spiro atoms. The summed E-state index contributed by atoms with van der Waals surface area (Å²) in [5.41, 5.74) is 17.2. The zero-order chi connectivity index (χ0) is 38.5. The van der Waals surface area contributed by atoms with Crippen molar-refractivity contribution in [2.24, 2.45) is 0 Å². The summed E-state index contributed by atoms with van der Waals surface area (Å²) in [6.45, 7) is 13.6. The largest absolute Gasteiger partial charge is 0.455 e. The number of rotatable bonds is 12. The first-order valence-corrected chi connectivity index (χ1v) is 21.2. The van der Waals surface area contributed by atoms with Crippen molar-refractivity contribution in [2.75, 3.05) is 0 Å². The van der Waals surface area contributed by atoms with E-state index in [4.69, 9.17) is 8.83 Å². The van der Waals surface area contributed by atoms with Gasteiger partial charge in [-0.05, 0) is 168 Å². The van der Waals surface area contributed by atoms with Crippen LogP contribution in [-0.4, -0.2) is 0 Å². The van der Waals surface area contributed by atoms with E-state index in [1.54, 1.807) is 0 Å². The molecule has 9 rings (SSSR count). The fourth-order valence-electron chi connectivity index (χ4n) is 9.74. The van der Waals surface area contributed by atoms with Crippen molar-refractivity contribution in [3.8, 4) is 22.3 Å². The van der Waals surface area contributed by atoms with E-state index in [0.29, 0.717) is 0 Å². The van der Waals surface area contributed by atoms with Gasteiger partial charge in [-0.3, -0.25) is 0 Å². The molecule has 0 atom stereocenters. The second kappa shape index (κ2) is 15.0. The molecule has 9 aromatic rings. The number of furan rings is 2. The number of fused-ring (bicyclic) bond motifs is 10. The molecule has 0 amide bonds. The first-order chi connectivity index (χ1) is 27.3. The highest BCUT2D eigenvalue weighted by molar-refractivity contribution is 6.21. The lowest BCUT2D eigenvalue weighted by atomic mass is 9.90. The summed E-state index contributed by atoms with van der Waals surface area (Å²) in [7, 11) is 0. The molecule has 0 unspecified atom stereocenters. The molecule has 0 radical (unpaired) electrons. The Hall–Kier alpha value is -5.34. The van der Waals surface area contributed by atoms with Gasteiger partial charge in [0.1, 0.15) is 22.3 Å². The highest BCUT2D eigenvalue weighted by atomic mass is 16.3. The third-order valence-electron chi connectivity index (χ3n) is 12.4. The van der Waals surface area contributed by atoms with E-state index in [-0.39, 0.29) is 0 Å². The van der Waals surface area contributed by atoms with Crippen LogP contribution in [0.15, 0.2) is 106 Å². The van der Waals surface area contributed by atoms with Crippen molar-refractivity contribution in [1.29, 1.82) is 0 Å². The van der Waals surface area contributed by atoms with Gasteiger partial charge in [0, 0.05) is 32.3 Å². The lowest BCUT2D eigenvalue weighted by molar-refractivity contribution is 0.666. The number of benzene rings is 7. The Morgan fingerprint density at radius 2 is 0.768 bits per heavy atom. The summed E-state index contributed by atoms with van der Waals surface area (Å²) >= 11 is 0. The smallest absolute Gasteiger partial charge is 0.143 e. The number of unbranched alkanes of at least 4 members (excludes halogenated alkanes) is 6. The van der Waals surface area contributed by atoms with E-state index >= 15 is 0 Å². The van der Waals surface area contributed by atoms with Crippen molar-refractivity contribution in [3.63, 3.8) is 0 Å². The van der Waals surface area contributed by atoms with Gasteiger partial charge in [0.05, 0.1) is 0 Å². The highest BCUT2D eigenvalue weighted by Gasteiger charge is 2.18. The van der Waals surface area contributed by atoms with Crippen LogP contribution in [0.2, 0.25) is 0 Å². The van der Waals surface area contributed by atoms with E-state index in [9.17, 15) is 0 Å². The molecule has 0 fully saturated rings. The molecule has 2 heteroatoms. The van der Waals surface area contributed by atoms with Crippen LogP contribution in [0.25, 0.3) is 87.7 Å². The minimum atomic E-state index is 0.892. The molecule has 0 aliphatic carbocycles. The van der Waals surface area contributed by atoms with Crippen LogP contribution in [0, 0.1) is 27.7 Å². The lowest BCUT2D eigenvalue weighted by Crippen LogP contribution is -1.94. The van der Waals surface area contributed by atoms with Gasteiger partial charge in [-0.2, -0.15) is 0 Å². The second-order valence-electron chi connectivity index (χ2n) is 16.6. The molecule has 0 aliphatic heterocycles. The maximum atomic E-state index is 6.73. The van der Waals surface area contributed by atoms with Gasteiger partial charge in [-0.1, -0.05) is 101 Å². The third kappa shape index (κ3) is 6.47. The molecule has 56 heavy (non-hydrogen) atoms. The Kier molecular flexibility index (Phi) is 9.70. The number of aryl methyl sites for hydroxylation is 6. The zero-order valence-electron chi connectivity index (χ0n) is 34.1. The maximum absolute atomic E-state index is 6.73. The standard InChI is InChI=1S/C54H54O2/c1-7-9-11-13-15-37-25-33(3)51(34(4)26-37)41-19-21-43-39(29-41)17-23-45-47-31-50-48(32-49(47)55-53(43)45)46-24-18-40-30-42(20-22-44(40)54(46)56-50)52-35(5)27-38(28-36(52)6)16-14-12-10-8-2/h17-32H,7-16H2,1-6H3. The molecule has 7 aromatic carbocycles. The summed E-state index contributed by atoms with van der Waals surface area (Å²) in [6.07, 6.45) is 12.7. The van der Waals surface area contributed by atoms with Crippen LogP contribution in [-0.2, 0) is 12.8 Å². The molecule has 0 bridgehead atoms. The van der Waals surface area contributed by atoms with Crippen molar-refractivity contribution in [2.45, 2.75) is 106 Å². The minimum absolute atomic E-state index is 0.892. The van der Waals surface area contributed by atoms with Crippen LogP contribution < -0.4 is 0 Å². The van der Waals surface area contributed by atoms with E-state index in [2.05, 4.69) is 139 Å². The fourth-order valence-corrected chi connectivity index (χ4v) is 9.74. The minimum Gasteiger partial charge on any atom is -0.455 e. The molecule has 0 saturated carbocycles. The summed E-state index contributed by atoms with van der Waals surface area (Å²) in [5, 5.41) is 9.08. The van der Waals surface area contributed by atoms with E-state index < -0.39 is 0 Å². The van der Waals surface area contributed by atoms with Gasteiger partial charge in [0.15, 0.2) is 0 Å². The van der Waals surface area contributed by atoms with E-state index in [1.165, 1.54) is 118 Å². The normalized spacial score (nSPS) is 12.1. The zero-order valence-corrected chi connectivity index (χ0v) is 34.1. The molecular weight excluding hydrogens is 681 g/mol. The van der Waals surface area contributed by atoms with Crippen LogP contribution >= 0.6 is 0 Å². The quantitative estimate of drug-likeness (QED) is 0.117. The first-order valence-electron chi connectivity index (χ1n) is 21.2. The molecule has 2 nitrogen and oxygen atoms in total. The highest BCUT2D eigenvalue weighted by Crippen LogP contribution is 2.42. The molecular formula is C54H54O2. The Morgan fingerprint density at radius 1 is 0.375 bits per heavy atom. The van der Waals surface area contributed by atoms with Gasteiger partial charge >= 0.3 is 0 Å². The molecule has 0 saturated heterocycles. The lowest BCUT2D eigenvalue weighted by Gasteiger charge is -2.14. The average molecular weight is 735 g/mol. The van der Waals surface area contributed by atoms with Crippen molar-refractivity contribution in [1.82, 2.24) is 0 Å². The molecule has 282 valence electrons. The summed E-state index contributed by atoms with van der Waals surface area (Å²) in [6, 6.07) is 36.6. The van der Waals surface area contributed by atoms with Crippen LogP contribution in [0.1, 0.15) is 98.6 Å². The maximum Gasteiger partial charge on any atom is 0.143 e. The summed E-state index contributed by atoms with van der Waals surface area (Å²) in [4.78, 5) is 0. The summed E-state index contributed by atoms with van der Waals surface area (Å²) < 4.78 is 13.5. The topological polar surface area (TPSA) is 26.3 Å². The van der Waals surface area contributed by atoms with Gasteiger partial charge in [0.2, 0.25) is 0 Å². The van der Waals surface area contributed by atoms with Crippen molar-refractivity contribution in [3.05, 3.63) is 130 Å². The number of hydrogen-bond acceptors (Lipinski definition) is 2. The Morgan fingerprint density at radius 3 is 1.16 bits per heavy atom. The third-order valence-corrected chi connectivity index (χ3v) is 12.4. The molecule has 2 heterocycles. The van der Waals surface area contributed by atoms with E-state index in [0.717, 1.165) is 67.5 Å². The second-order valence-corrected chi connectivity index (χ2v) is 16.6. The Balaban J connectivity index is 1.05. The molecule has 2 aromatic heterocycles. The Bertz CT molecular complexity index is 2680. The van der Waals surface area contributed by atoms with Crippen molar-refractivity contribution >= 4 is 65.4 Å². The first kappa shape index (κ1) is 36.3. The van der Waals surface area contributed by atoms with Crippen LogP contribution in [0.5, 0.6) is 0 Å².